The molecule has 0 aromatic heterocycles. The highest BCUT2D eigenvalue weighted by Crippen LogP contribution is 2.20. The first-order chi connectivity index (χ1) is 12.7. The molecule has 1 fully saturated rings. The Morgan fingerprint density at radius 1 is 0.885 bits per heavy atom. The molecule has 2 aliphatic rings. The molecule has 0 N–H and O–H groups in total. The van der Waals surface area contributed by atoms with Crippen molar-refractivity contribution in [2.24, 2.45) is 0 Å². The summed E-state index contributed by atoms with van der Waals surface area (Å²) in [4.78, 5) is 29.9. The third-order valence-electron chi connectivity index (χ3n) is 4.88. The van der Waals surface area contributed by atoms with E-state index in [2.05, 4.69) is 23.1 Å². The Kier molecular flexibility index (Phi) is 4.54. The summed E-state index contributed by atoms with van der Waals surface area (Å²) in [6.07, 6.45) is 4.50. The molecule has 2 aromatic rings. The van der Waals surface area contributed by atoms with Gasteiger partial charge in [-0.05, 0) is 29.2 Å². The first-order valence-electron chi connectivity index (χ1n) is 8.84. The van der Waals surface area contributed by atoms with E-state index in [1.165, 1.54) is 20.9 Å². The third kappa shape index (κ3) is 3.39. The summed E-state index contributed by atoms with van der Waals surface area (Å²) in [5.74, 6) is -0.147. The summed E-state index contributed by atoms with van der Waals surface area (Å²) in [7, 11) is 0. The summed E-state index contributed by atoms with van der Waals surface area (Å²) in [5, 5.41) is 0. The van der Waals surface area contributed by atoms with Crippen molar-refractivity contribution in [3.8, 4) is 0 Å². The fraction of sp³-hybridized carbons (Fsp3) is 0.238. The van der Waals surface area contributed by atoms with E-state index >= 15 is 0 Å². The number of urea groups is 1. The summed E-state index contributed by atoms with van der Waals surface area (Å²) >= 11 is 0. The van der Waals surface area contributed by atoms with Crippen LogP contribution in [0.25, 0.3) is 6.08 Å². The summed E-state index contributed by atoms with van der Waals surface area (Å²) in [5.41, 5.74) is 3.63. The fourth-order valence-corrected chi connectivity index (χ4v) is 3.43. The Bertz CT molecular complexity index is 847. The van der Waals surface area contributed by atoms with Gasteiger partial charge in [0, 0.05) is 19.3 Å². The summed E-state index contributed by atoms with van der Waals surface area (Å²) in [6.45, 7) is 2.08. The normalized spacial score (nSPS) is 18.0. The standard InChI is InChI=1S/C21H21N3O2/c25-20-15-23(13-10-17-6-2-1-3-7-17)21(26)24(20)16-22-12-11-18-8-4-5-9-19(18)14-22/h1-10,13H,11-12,14-16H2/b13-10+. The Hall–Kier alpha value is -2.92. The van der Waals surface area contributed by atoms with Gasteiger partial charge >= 0.3 is 6.03 Å². The quantitative estimate of drug-likeness (QED) is 0.799. The number of hydrogen-bond acceptors (Lipinski definition) is 3. The van der Waals surface area contributed by atoms with Crippen molar-refractivity contribution >= 4 is 18.0 Å². The van der Waals surface area contributed by atoms with E-state index in [0.717, 1.165) is 25.1 Å². The topological polar surface area (TPSA) is 43.9 Å². The molecule has 2 aliphatic heterocycles. The van der Waals surface area contributed by atoms with Crippen LogP contribution in [0.2, 0.25) is 0 Å². The van der Waals surface area contributed by atoms with Gasteiger partial charge in [0.15, 0.2) is 0 Å². The van der Waals surface area contributed by atoms with Gasteiger partial charge < -0.3 is 0 Å². The molecule has 4 rings (SSSR count). The molecule has 132 valence electrons. The van der Waals surface area contributed by atoms with Crippen molar-refractivity contribution in [1.82, 2.24) is 14.7 Å². The maximum absolute atomic E-state index is 12.6. The zero-order chi connectivity index (χ0) is 17.9. The Morgan fingerprint density at radius 3 is 2.42 bits per heavy atom. The maximum atomic E-state index is 12.6. The maximum Gasteiger partial charge on any atom is 0.332 e. The Morgan fingerprint density at radius 2 is 1.62 bits per heavy atom. The van der Waals surface area contributed by atoms with Crippen LogP contribution in [0.15, 0.2) is 60.8 Å². The minimum Gasteiger partial charge on any atom is -0.291 e. The average Bonchev–Trinajstić information content (AvgIpc) is 2.94. The van der Waals surface area contributed by atoms with E-state index in [9.17, 15) is 9.59 Å². The van der Waals surface area contributed by atoms with E-state index < -0.39 is 0 Å². The molecule has 26 heavy (non-hydrogen) atoms. The molecule has 2 heterocycles. The lowest BCUT2D eigenvalue weighted by Crippen LogP contribution is -2.43. The highest BCUT2D eigenvalue weighted by Gasteiger charge is 2.36. The number of carbonyl (C=O) groups is 2. The predicted octanol–water partition coefficient (Wildman–Crippen LogP) is 2.94. The van der Waals surface area contributed by atoms with Crippen LogP contribution in [-0.4, -0.2) is 46.4 Å². The van der Waals surface area contributed by atoms with Gasteiger partial charge in [0.2, 0.25) is 0 Å². The van der Waals surface area contributed by atoms with Crippen molar-refractivity contribution in [2.75, 3.05) is 19.8 Å². The van der Waals surface area contributed by atoms with E-state index in [0.29, 0.717) is 6.67 Å². The second-order valence-electron chi connectivity index (χ2n) is 6.67. The largest absolute Gasteiger partial charge is 0.332 e. The van der Waals surface area contributed by atoms with Gasteiger partial charge in [0.05, 0.1) is 6.67 Å². The smallest absolute Gasteiger partial charge is 0.291 e. The van der Waals surface area contributed by atoms with Gasteiger partial charge in [0.1, 0.15) is 6.54 Å². The molecule has 2 aromatic carbocycles. The van der Waals surface area contributed by atoms with Crippen molar-refractivity contribution in [1.29, 1.82) is 0 Å². The first-order valence-corrected chi connectivity index (χ1v) is 8.84. The molecule has 5 heteroatoms. The van der Waals surface area contributed by atoms with Gasteiger partial charge in [-0.15, -0.1) is 0 Å². The third-order valence-corrected chi connectivity index (χ3v) is 4.88. The number of nitrogens with zero attached hydrogens (tertiary/aromatic N) is 3. The minimum absolute atomic E-state index is 0.104. The van der Waals surface area contributed by atoms with Crippen LogP contribution in [0, 0.1) is 0 Å². The van der Waals surface area contributed by atoms with E-state index in [-0.39, 0.29) is 18.5 Å². The number of imide groups is 1. The fourth-order valence-electron chi connectivity index (χ4n) is 3.43. The molecule has 3 amide bonds. The number of fused-ring (bicyclic) bond motifs is 1. The lowest BCUT2D eigenvalue weighted by Gasteiger charge is -2.31. The highest BCUT2D eigenvalue weighted by molar-refractivity contribution is 6.02. The van der Waals surface area contributed by atoms with Gasteiger partial charge in [0.25, 0.3) is 5.91 Å². The van der Waals surface area contributed by atoms with Crippen LogP contribution in [0.5, 0.6) is 0 Å². The van der Waals surface area contributed by atoms with Crippen LogP contribution in [0.3, 0.4) is 0 Å². The summed E-state index contributed by atoms with van der Waals surface area (Å²) < 4.78 is 0. The molecular weight excluding hydrogens is 326 g/mol. The van der Waals surface area contributed by atoms with Crippen LogP contribution in [0.4, 0.5) is 4.79 Å². The molecule has 0 bridgehead atoms. The highest BCUT2D eigenvalue weighted by atomic mass is 16.2. The zero-order valence-corrected chi connectivity index (χ0v) is 14.5. The molecule has 1 saturated heterocycles. The number of carbonyl (C=O) groups excluding carboxylic acids is 2. The predicted molar refractivity (Wildman–Crippen MR) is 99.8 cm³/mol. The zero-order valence-electron chi connectivity index (χ0n) is 14.5. The monoisotopic (exact) mass is 347 g/mol. The SMILES string of the molecule is O=C1CN(/C=C/c2ccccc2)C(=O)N1CN1CCc2ccccc2C1. The van der Waals surface area contributed by atoms with Gasteiger partial charge in [-0.25, -0.2) is 9.69 Å². The Labute approximate surface area is 153 Å². The number of benzene rings is 2. The van der Waals surface area contributed by atoms with Crippen molar-refractivity contribution < 1.29 is 9.59 Å². The van der Waals surface area contributed by atoms with Crippen LogP contribution < -0.4 is 0 Å². The van der Waals surface area contributed by atoms with Crippen molar-refractivity contribution in [2.45, 2.75) is 13.0 Å². The van der Waals surface area contributed by atoms with Crippen LogP contribution in [0.1, 0.15) is 16.7 Å². The molecular formula is C21H21N3O2. The van der Waals surface area contributed by atoms with Gasteiger partial charge in [-0.3, -0.25) is 14.6 Å². The minimum atomic E-state index is -0.249. The van der Waals surface area contributed by atoms with Crippen molar-refractivity contribution in [3.63, 3.8) is 0 Å². The Balaban J connectivity index is 1.41. The van der Waals surface area contributed by atoms with Gasteiger partial charge in [-0.2, -0.15) is 0 Å². The molecule has 0 atom stereocenters. The molecule has 0 saturated carbocycles. The average molecular weight is 347 g/mol. The summed E-state index contributed by atoms with van der Waals surface area (Å²) in [6, 6.07) is 17.8. The molecule has 0 unspecified atom stereocenters. The van der Waals surface area contributed by atoms with Gasteiger partial charge in [-0.1, -0.05) is 54.6 Å². The lowest BCUT2D eigenvalue weighted by atomic mass is 10.0. The van der Waals surface area contributed by atoms with E-state index in [1.807, 2.05) is 42.5 Å². The number of amides is 3. The molecule has 0 aliphatic carbocycles. The number of hydrogen-bond donors (Lipinski definition) is 0. The number of rotatable bonds is 4. The van der Waals surface area contributed by atoms with E-state index in [1.54, 1.807) is 6.20 Å². The molecule has 0 radical (unpaired) electrons. The second kappa shape index (κ2) is 7.14. The molecule has 0 spiro atoms. The van der Waals surface area contributed by atoms with Crippen molar-refractivity contribution in [3.05, 3.63) is 77.5 Å². The lowest BCUT2D eigenvalue weighted by molar-refractivity contribution is -0.126. The van der Waals surface area contributed by atoms with Crippen LogP contribution in [-0.2, 0) is 17.8 Å². The van der Waals surface area contributed by atoms with Crippen LogP contribution >= 0.6 is 0 Å². The second-order valence-corrected chi connectivity index (χ2v) is 6.67. The first kappa shape index (κ1) is 16.5. The molecule has 5 nitrogen and oxygen atoms in total. The van der Waals surface area contributed by atoms with E-state index in [4.69, 9.17) is 0 Å².